The molecule has 0 radical (unpaired) electrons. The van der Waals surface area contributed by atoms with Crippen LogP contribution in [-0.4, -0.2) is 31.5 Å². The summed E-state index contributed by atoms with van der Waals surface area (Å²) in [5.74, 6) is 0.247. The Morgan fingerprint density at radius 3 is 2.71 bits per heavy atom. The summed E-state index contributed by atoms with van der Waals surface area (Å²) in [5, 5.41) is 18.4. The molecule has 0 saturated carbocycles. The van der Waals surface area contributed by atoms with Gasteiger partial charge in [0.05, 0.1) is 20.1 Å². The van der Waals surface area contributed by atoms with E-state index in [9.17, 15) is 5.11 Å². The molecule has 0 spiro atoms. The highest BCUT2D eigenvalue weighted by atomic mass is 16.6. The first kappa shape index (κ1) is 16.5. The van der Waals surface area contributed by atoms with Gasteiger partial charge >= 0.3 is 11.6 Å². The summed E-state index contributed by atoms with van der Waals surface area (Å²) in [6.45, 7) is 4.12. The molecule has 112 valence electrons. The Balaban J connectivity index is 2.67. The molecule has 0 heterocycles. The first-order chi connectivity index (χ1) is 10.2. The van der Waals surface area contributed by atoms with Crippen LogP contribution in [0.15, 0.2) is 54.6 Å². The molecule has 0 fully saturated rings. The molecule has 1 aromatic carbocycles. The van der Waals surface area contributed by atoms with Crippen LogP contribution in [0.1, 0.15) is 6.42 Å². The van der Waals surface area contributed by atoms with E-state index in [1.54, 1.807) is 6.08 Å². The number of hydrogen-bond donors (Lipinski definition) is 1. The summed E-state index contributed by atoms with van der Waals surface area (Å²) >= 11 is 0. The van der Waals surface area contributed by atoms with Crippen molar-refractivity contribution in [2.75, 3.05) is 20.3 Å². The van der Waals surface area contributed by atoms with Gasteiger partial charge in [-0.15, -0.1) is 6.58 Å². The van der Waals surface area contributed by atoms with E-state index in [1.807, 2.05) is 30.3 Å². The van der Waals surface area contributed by atoms with Crippen LogP contribution in [0.4, 0.5) is 0 Å². The lowest BCUT2D eigenvalue weighted by Gasteiger charge is -2.15. The van der Waals surface area contributed by atoms with E-state index in [0.717, 1.165) is 0 Å². The second kappa shape index (κ2) is 9.39. The van der Waals surface area contributed by atoms with Gasteiger partial charge in [0.25, 0.3) is 0 Å². The minimum Gasteiger partial charge on any atom is -0.491 e. The normalized spacial score (nSPS) is 12.8. The molecule has 1 unspecified atom stereocenters. The number of aliphatic hydroxyl groups is 1. The molecule has 0 aromatic heterocycles. The lowest BCUT2D eigenvalue weighted by molar-refractivity contribution is 0.0345. The molecule has 0 saturated heterocycles. The fourth-order valence-corrected chi connectivity index (χ4v) is 1.58. The molecule has 1 atom stereocenters. The molecular formula is C15H19N2O4+. The maximum Gasteiger partial charge on any atom is 0.443 e. The number of hydrogen-bond acceptors (Lipinski definition) is 5. The van der Waals surface area contributed by atoms with Crippen LogP contribution in [-0.2, 0) is 9.47 Å². The molecule has 0 amide bonds. The average molecular weight is 291 g/mol. The van der Waals surface area contributed by atoms with Crippen LogP contribution in [0, 0.1) is 5.39 Å². The zero-order chi connectivity index (χ0) is 15.5. The minimum absolute atomic E-state index is 0.0109. The predicted molar refractivity (Wildman–Crippen MR) is 78.2 cm³/mol. The average Bonchev–Trinajstić information content (AvgIpc) is 2.54. The molecule has 6 nitrogen and oxygen atoms in total. The zero-order valence-electron chi connectivity index (χ0n) is 11.9. The van der Waals surface area contributed by atoms with Crippen molar-refractivity contribution in [1.82, 2.24) is 0 Å². The SMILES string of the molecule is C=CCOC(COc1ccccc1)C/C([N+]#N)=C(/O)OC. The zero-order valence-corrected chi connectivity index (χ0v) is 11.9. The topological polar surface area (TPSA) is 76.1 Å². The number of para-hydroxylation sites is 1. The second-order valence-corrected chi connectivity index (χ2v) is 4.13. The lowest BCUT2D eigenvalue weighted by atomic mass is 10.2. The van der Waals surface area contributed by atoms with Gasteiger partial charge in [0, 0.05) is 0 Å². The van der Waals surface area contributed by atoms with Crippen molar-refractivity contribution in [2.24, 2.45) is 0 Å². The van der Waals surface area contributed by atoms with Crippen LogP contribution in [0.5, 0.6) is 5.75 Å². The Morgan fingerprint density at radius 1 is 1.43 bits per heavy atom. The minimum atomic E-state index is -0.454. The summed E-state index contributed by atoms with van der Waals surface area (Å²) in [6, 6.07) is 9.26. The van der Waals surface area contributed by atoms with E-state index in [2.05, 4.69) is 16.3 Å². The number of diazo groups is 1. The van der Waals surface area contributed by atoms with E-state index in [1.165, 1.54) is 7.11 Å². The van der Waals surface area contributed by atoms with Crippen molar-refractivity contribution < 1.29 is 19.3 Å². The maximum absolute atomic E-state index is 9.46. The Morgan fingerprint density at radius 2 is 2.14 bits per heavy atom. The third-order valence-corrected chi connectivity index (χ3v) is 2.61. The summed E-state index contributed by atoms with van der Waals surface area (Å²) in [7, 11) is 1.28. The number of methoxy groups -OCH3 is 1. The van der Waals surface area contributed by atoms with Crippen molar-refractivity contribution in [1.29, 1.82) is 5.39 Å². The summed E-state index contributed by atoms with van der Waals surface area (Å²) in [5.41, 5.74) is -0.0109. The summed E-state index contributed by atoms with van der Waals surface area (Å²) < 4.78 is 15.8. The second-order valence-electron chi connectivity index (χ2n) is 4.13. The molecule has 0 aliphatic heterocycles. The van der Waals surface area contributed by atoms with Crippen LogP contribution in [0.3, 0.4) is 0 Å². The molecule has 1 N–H and O–H groups in total. The molecule has 0 aliphatic carbocycles. The number of rotatable bonds is 9. The van der Waals surface area contributed by atoms with Crippen molar-refractivity contribution in [3.8, 4) is 5.75 Å². The van der Waals surface area contributed by atoms with Crippen molar-refractivity contribution in [3.05, 3.63) is 59.6 Å². The van der Waals surface area contributed by atoms with Gasteiger partial charge < -0.3 is 19.3 Å². The largest absolute Gasteiger partial charge is 0.491 e. The van der Waals surface area contributed by atoms with E-state index >= 15 is 0 Å². The molecule has 0 bridgehead atoms. The highest BCUT2D eigenvalue weighted by Crippen LogP contribution is 2.16. The quantitative estimate of drug-likeness (QED) is 0.429. The standard InChI is InChI=1S/C15H18N2O4/c1-3-9-20-13(10-14(17-16)15(18)19-2)11-21-12-7-5-4-6-8-12/h3-8,13H,1,9-11H2,2H3/p+1/b15-14+. The molecule has 1 rings (SSSR count). The Bertz CT molecular complexity index is 508. The van der Waals surface area contributed by atoms with Crippen LogP contribution >= 0.6 is 0 Å². The van der Waals surface area contributed by atoms with Gasteiger partial charge in [-0.3, -0.25) is 0 Å². The van der Waals surface area contributed by atoms with E-state index in [-0.39, 0.29) is 18.7 Å². The van der Waals surface area contributed by atoms with Crippen LogP contribution < -0.4 is 4.74 Å². The van der Waals surface area contributed by atoms with Crippen LogP contribution in [0.25, 0.3) is 4.98 Å². The Kier molecular flexibility index (Phi) is 7.40. The first-order valence-corrected chi connectivity index (χ1v) is 6.42. The Labute approximate surface area is 123 Å². The summed E-state index contributed by atoms with van der Waals surface area (Å²) in [6.07, 6.45) is 1.31. The maximum atomic E-state index is 9.46. The molecule has 1 aromatic rings. The molecule has 0 aliphatic rings. The van der Waals surface area contributed by atoms with Crippen LogP contribution in [0.2, 0.25) is 0 Å². The molecular weight excluding hydrogens is 272 g/mol. The molecule has 21 heavy (non-hydrogen) atoms. The Hall–Kier alpha value is -2.52. The summed E-state index contributed by atoms with van der Waals surface area (Å²) in [4.78, 5) is 3.00. The van der Waals surface area contributed by atoms with Gasteiger partial charge in [-0.2, -0.15) is 0 Å². The fraction of sp³-hybridized carbons (Fsp3) is 0.333. The highest BCUT2D eigenvalue weighted by Gasteiger charge is 2.26. The van der Waals surface area contributed by atoms with Crippen molar-refractivity contribution >= 4 is 0 Å². The number of nitrogens with zero attached hydrogens (tertiary/aromatic N) is 2. The highest BCUT2D eigenvalue weighted by molar-refractivity contribution is 5.21. The van der Waals surface area contributed by atoms with E-state index < -0.39 is 12.0 Å². The monoisotopic (exact) mass is 291 g/mol. The lowest BCUT2D eigenvalue weighted by Crippen LogP contribution is -2.23. The van der Waals surface area contributed by atoms with Gasteiger partial charge in [0.15, 0.2) is 4.98 Å². The van der Waals surface area contributed by atoms with Gasteiger partial charge in [0.2, 0.25) is 5.39 Å². The molecule has 6 heteroatoms. The van der Waals surface area contributed by atoms with Crippen molar-refractivity contribution in [3.63, 3.8) is 0 Å². The third-order valence-electron chi connectivity index (χ3n) is 2.61. The van der Waals surface area contributed by atoms with Gasteiger partial charge in [-0.25, -0.2) is 0 Å². The first-order valence-electron chi connectivity index (χ1n) is 6.42. The van der Waals surface area contributed by atoms with Gasteiger partial charge in [-0.05, 0) is 12.1 Å². The fourth-order valence-electron chi connectivity index (χ4n) is 1.58. The number of ether oxygens (including phenoxy) is 3. The van der Waals surface area contributed by atoms with E-state index in [0.29, 0.717) is 12.4 Å². The van der Waals surface area contributed by atoms with Gasteiger partial charge in [-0.1, -0.05) is 24.3 Å². The van der Waals surface area contributed by atoms with Gasteiger partial charge in [0.1, 0.15) is 18.5 Å². The predicted octanol–water partition coefficient (Wildman–Crippen LogP) is 3.25. The van der Waals surface area contributed by atoms with Crippen molar-refractivity contribution in [2.45, 2.75) is 12.5 Å². The number of benzene rings is 1. The van der Waals surface area contributed by atoms with E-state index in [4.69, 9.17) is 14.9 Å². The number of aliphatic hydroxyl groups excluding tert-OH is 1. The third kappa shape index (κ3) is 5.97. The smallest absolute Gasteiger partial charge is 0.443 e.